The predicted molar refractivity (Wildman–Crippen MR) is 80.2 cm³/mol. The fourth-order valence-electron chi connectivity index (χ4n) is 3.47. The molecule has 1 aromatic rings. The Morgan fingerprint density at radius 1 is 1.35 bits per heavy atom. The van der Waals surface area contributed by atoms with Gasteiger partial charge in [0.25, 0.3) is 5.91 Å². The molecule has 4 nitrogen and oxygen atoms in total. The van der Waals surface area contributed by atoms with Gasteiger partial charge in [0, 0.05) is 19.1 Å². The molecule has 1 heterocycles. The van der Waals surface area contributed by atoms with Crippen LogP contribution in [0.4, 0.5) is 0 Å². The van der Waals surface area contributed by atoms with Crippen LogP contribution in [0.25, 0.3) is 0 Å². The molecule has 1 aliphatic carbocycles. The second-order valence-corrected chi connectivity index (χ2v) is 5.90. The fraction of sp³-hybridized carbons (Fsp3) is 0.533. The molecule has 0 bridgehead atoms. The number of carbonyl (C=O) groups is 1. The number of likely N-dealkylation sites (tertiary alicyclic amines) is 1. The number of hydrogen-bond acceptors (Lipinski definition) is 3. The smallest absolute Gasteiger partial charge is 0.257 e. The van der Waals surface area contributed by atoms with Crippen LogP contribution in [0.5, 0.6) is 5.75 Å². The summed E-state index contributed by atoms with van der Waals surface area (Å²) in [6, 6.07) is 5.43. The molecular weight excluding hydrogens is 276 g/mol. The summed E-state index contributed by atoms with van der Waals surface area (Å²) >= 11 is 0. The Bertz CT molecular complexity index is 521. The Kier molecular flexibility index (Phi) is 4.25. The predicted octanol–water partition coefficient (Wildman–Crippen LogP) is 1.93. The standard InChI is InChI=1S/C15H20N2O2.ClH/c1-9-2-4-11(14(18)6-9)15(19)17-7-10-3-5-13(16)12(10)8-17;/h2,4,6,10,12-13,18H,3,5,7-8,16H2,1H3;1H. The number of fused-ring (bicyclic) bond motifs is 1. The monoisotopic (exact) mass is 296 g/mol. The molecule has 1 aromatic carbocycles. The van der Waals surface area contributed by atoms with E-state index in [0.717, 1.165) is 31.5 Å². The van der Waals surface area contributed by atoms with Crippen LogP contribution in [0.3, 0.4) is 0 Å². The van der Waals surface area contributed by atoms with Gasteiger partial charge in [0.15, 0.2) is 0 Å². The molecule has 1 aliphatic heterocycles. The van der Waals surface area contributed by atoms with Crippen LogP contribution in [-0.4, -0.2) is 35.0 Å². The average molecular weight is 297 g/mol. The van der Waals surface area contributed by atoms with Crippen molar-refractivity contribution >= 4 is 18.3 Å². The van der Waals surface area contributed by atoms with Crippen molar-refractivity contribution < 1.29 is 9.90 Å². The highest BCUT2D eigenvalue weighted by atomic mass is 35.5. The maximum atomic E-state index is 12.4. The van der Waals surface area contributed by atoms with Crippen molar-refractivity contribution in [3.8, 4) is 5.75 Å². The number of aromatic hydroxyl groups is 1. The van der Waals surface area contributed by atoms with E-state index < -0.39 is 0 Å². The van der Waals surface area contributed by atoms with Gasteiger partial charge in [-0.1, -0.05) is 6.07 Å². The Morgan fingerprint density at radius 3 is 2.75 bits per heavy atom. The van der Waals surface area contributed by atoms with Crippen LogP contribution in [0.15, 0.2) is 18.2 Å². The van der Waals surface area contributed by atoms with Gasteiger partial charge in [-0.2, -0.15) is 0 Å². The molecule has 1 saturated heterocycles. The van der Waals surface area contributed by atoms with E-state index in [1.54, 1.807) is 12.1 Å². The quantitative estimate of drug-likeness (QED) is 0.832. The SMILES string of the molecule is Cc1ccc(C(=O)N2CC3CCC(N)C3C2)c(O)c1.Cl. The van der Waals surface area contributed by atoms with Gasteiger partial charge < -0.3 is 15.7 Å². The van der Waals surface area contributed by atoms with E-state index in [4.69, 9.17) is 5.73 Å². The van der Waals surface area contributed by atoms with Crippen molar-refractivity contribution in [2.75, 3.05) is 13.1 Å². The number of hydrogen-bond donors (Lipinski definition) is 2. The number of amides is 1. The molecule has 5 heteroatoms. The molecule has 0 aromatic heterocycles. The first kappa shape index (κ1) is 15.1. The number of nitrogens with two attached hydrogens (primary N) is 1. The Morgan fingerprint density at radius 2 is 2.10 bits per heavy atom. The highest BCUT2D eigenvalue weighted by molar-refractivity contribution is 5.97. The summed E-state index contributed by atoms with van der Waals surface area (Å²) in [4.78, 5) is 14.3. The maximum Gasteiger partial charge on any atom is 0.257 e. The number of phenolic OH excluding ortho intramolecular Hbond substituents is 1. The molecule has 0 radical (unpaired) electrons. The molecule has 2 aliphatic rings. The van der Waals surface area contributed by atoms with Gasteiger partial charge in [-0.05, 0) is 49.3 Å². The first-order valence-corrected chi connectivity index (χ1v) is 6.90. The van der Waals surface area contributed by atoms with E-state index in [2.05, 4.69) is 0 Å². The lowest BCUT2D eigenvalue weighted by atomic mass is 9.98. The summed E-state index contributed by atoms with van der Waals surface area (Å²) in [7, 11) is 0. The average Bonchev–Trinajstić information content (AvgIpc) is 2.91. The number of benzene rings is 1. The third-order valence-electron chi connectivity index (χ3n) is 4.58. The molecule has 3 unspecified atom stereocenters. The van der Waals surface area contributed by atoms with Crippen molar-refractivity contribution in [3.63, 3.8) is 0 Å². The zero-order valence-electron chi connectivity index (χ0n) is 11.6. The number of halogens is 1. The molecule has 3 rings (SSSR count). The minimum absolute atomic E-state index is 0. The van der Waals surface area contributed by atoms with Crippen LogP contribution in [0.1, 0.15) is 28.8 Å². The summed E-state index contributed by atoms with van der Waals surface area (Å²) in [5, 5.41) is 9.90. The van der Waals surface area contributed by atoms with Crippen LogP contribution in [0, 0.1) is 18.8 Å². The van der Waals surface area contributed by atoms with Gasteiger partial charge >= 0.3 is 0 Å². The summed E-state index contributed by atoms with van der Waals surface area (Å²) in [6.07, 6.45) is 2.20. The minimum atomic E-state index is -0.0703. The fourth-order valence-corrected chi connectivity index (χ4v) is 3.47. The van der Waals surface area contributed by atoms with Crippen molar-refractivity contribution in [2.45, 2.75) is 25.8 Å². The van der Waals surface area contributed by atoms with E-state index in [1.165, 1.54) is 0 Å². The van der Waals surface area contributed by atoms with Gasteiger partial charge in [0.2, 0.25) is 0 Å². The molecule has 1 saturated carbocycles. The summed E-state index contributed by atoms with van der Waals surface area (Å²) in [5.74, 6) is 0.994. The summed E-state index contributed by atoms with van der Waals surface area (Å²) in [5.41, 5.74) is 7.44. The van der Waals surface area contributed by atoms with E-state index >= 15 is 0 Å². The molecule has 2 fully saturated rings. The number of aryl methyl sites for hydroxylation is 1. The molecule has 3 atom stereocenters. The van der Waals surface area contributed by atoms with Gasteiger partial charge in [0.1, 0.15) is 5.75 Å². The number of carbonyl (C=O) groups excluding carboxylic acids is 1. The first-order chi connectivity index (χ1) is 9.06. The molecular formula is C15H21ClN2O2. The zero-order chi connectivity index (χ0) is 13.6. The summed E-state index contributed by atoms with van der Waals surface area (Å²) < 4.78 is 0. The zero-order valence-corrected chi connectivity index (χ0v) is 12.4. The van der Waals surface area contributed by atoms with Gasteiger partial charge in [-0.3, -0.25) is 4.79 Å². The van der Waals surface area contributed by atoms with Crippen LogP contribution >= 0.6 is 12.4 Å². The van der Waals surface area contributed by atoms with Crippen LogP contribution in [-0.2, 0) is 0 Å². The Labute approximate surface area is 125 Å². The Balaban J connectivity index is 0.00000147. The molecule has 0 spiro atoms. The van der Waals surface area contributed by atoms with Gasteiger partial charge in [0.05, 0.1) is 5.56 Å². The summed E-state index contributed by atoms with van der Waals surface area (Å²) in [6.45, 7) is 3.41. The second kappa shape index (κ2) is 5.62. The maximum absolute atomic E-state index is 12.4. The van der Waals surface area contributed by atoms with E-state index in [9.17, 15) is 9.90 Å². The highest BCUT2D eigenvalue weighted by Crippen LogP contribution is 2.38. The van der Waals surface area contributed by atoms with Crippen LogP contribution in [0.2, 0.25) is 0 Å². The number of phenols is 1. The Hall–Kier alpha value is -1.26. The normalized spacial score (nSPS) is 28.1. The van der Waals surface area contributed by atoms with Crippen molar-refractivity contribution in [1.29, 1.82) is 0 Å². The minimum Gasteiger partial charge on any atom is -0.507 e. The number of rotatable bonds is 1. The third-order valence-corrected chi connectivity index (χ3v) is 4.58. The van der Waals surface area contributed by atoms with Crippen molar-refractivity contribution in [3.05, 3.63) is 29.3 Å². The molecule has 3 N–H and O–H groups in total. The second-order valence-electron chi connectivity index (χ2n) is 5.90. The topological polar surface area (TPSA) is 66.6 Å². The van der Waals surface area contributed by atoms with E-state index in [1.807, 2.05) is 17.9 Å². The lowest BCUT2D eigenvalue weighted by Gasteiger charge is -2.19. The van der Waals surface area contributed by atoms with Gasteiger partial charge in [-0.15, -0.1) is 12.4 Å². The van der Waals surface area contributed by atoms with E-state index in [-0.39, 0.29) is 30.1 Å². The third kappa shape index (κ3) is 2.50. The lowest BCUT2D eigenvalue weighted by Crippen LogP contribution is -2.33. The van der Waals surface area contributed by atoms with E-state index in [0.29, 0.717) is 17.4 Å². The van der Waals surface area contributed by atoms with Crippen LogP contribution < -0.4 is 5.73 Å². The number of nitrogens with zero attached hydrogens (tertiary/aromatic N) is 1. The largest absolute Gasteiger partial charge is 0.507 e. The first-order valence-electron chi connectivity index (χ1n) is 6.90. The molecule has 20 heavy (non-hydrogen) atoms. The lowest BCUT2D eigenvalue weighted by molar-refractivity contribution is 0.0776. The highest BCUT2D eigenvalue weighted by Gasteiger charge is 2.42. The molecule has 1 amide bonds. The molecule has 110 valence electrons. The van der Waals surface area contributed by atoms with Crippen molar-refractivity contribution in [2.24, 2.45) is 17.6 Å². The van der Waals surface area contributed by atoms with Gasteiger partial charge in [-0.25, -0.2) is 0 Å². The van der Waals surface area contributed by atoms with Crippen molar-refractivity contribution in [1.82, 2.24) is 4.90 Å².